The van der Waals surface area contributed by atoms with Crippen LogP contribution in [-0.2, 0) is 29.4 Å². The second kappa shape index (κ2) is 6.82. The topological polar surface area (TPSA) is 52.1 Å². The van der Waals surface area contributed by atoms with E-state index in [4.69, 9.17) is 4.74 Å². The molecule has 0 N–H and O–H groups in total. The quantitative estimate of drug-likeness (QED) is 0.777. The van der Waals surface area contributed by atoms with Crippen molar-refractivity contribution in [3.05, 3.63) is 58.2 Å². The fourth-order valence-electron chi connectivity index (χ4n) is 4.77. The van der Waals surface area contributed by atoms with Gasteiger partial charge in [-0.15, -0.1) is 0 Å². The second-order valence-corrected chi connectivity index (χ2v) is 7.84. The minimum absolute atomic E-state index is 0.359. The minimum Gasteiger partial charge on any atom is -0.462 e. The normalized spacial score (nSPS) is 17.5. The molecular formula is C22H26N2O2. The third kappa shape index (κ3) is 3.13. The Kier molecular flexibility index (Phi) is 4.51. The van der Waals surface area contributed by atoms with Gasteiger partial charge < -0.3 is 4.74 Å². The summed E-state index contributed by atoms with van der Waals surface area (Å²) >= 11 is 0. The third-order valence-electron chi connectivity index (χ3n) is 5.89. The highest BCUT2D eigenvalue weighted by molar-refractivity contribution is 5.88. The molecule has 4 heteroatoms. The van der Waals surface area contributed by atoms with Gasteiger partial charge in [0, 0.05) is 18.8 Å². The van der Waals surface area contributed by atoms with Crippen molar-refractivity contribution in [3.63, 3.8) is 0 Å². The zero-order chi connectivity index (χ0) is 18.1. The van der Waals surface area contributed by atoms with Gasteiger partial charge in [0.05, 0.1) is 12.2 Å². The Bertz CT molecular complexity index is 796. The van der Waals surface area contributed by atoms with E-state index in [2.05, 4.69) is 29.0 Å². The van der Waals surface area contributed by atoms with E-state index < -0.39 is 0 Å². The summed E-state index contributed by atoms with van der Waals surface area (Å²) < 4.78 is 4.99. The number of ether oxygens (including phenoxy) is 1. The lowest BCUT2D eigenvalue weighted by Gasteiger charge is -2.41. The first-order valence-electron chi connectivity index (χ1n) is 9.72. The average molecular weight is 350 g/mol. The van der Waals surface area contributed by atoms with Crippen LogP contribution >= 0.6 is 0 Å². The number of hydrogen-bond acceptors (Lipinski definition) is 4. The molecule has 0 unspecified atom stereocenters. The minimum atomic E-state index is -0.364. The summed E-state index contributed by atoms with van der Waals surface area (Å²) in [5, 5.41) is 0. The van der Waals surface area contributed by atoms with Gasteiger partial charge in [-0.3, -0.25) is 0 Å². The Labute approximate surface area is 155 Å². The number of nitrogens with zero attached hydrogens (tertiary/aromatic N) is 2. The van der Waals surface area contributed by atoms with Crippen LogP contribution in [0.4, 0.5) is 0 Å². The summed E-state index contributed by atoms with van der Waals surface area (Å²) in [6.07, 6.45) is 11.5. The molecule has 0 aliphatic heterocycles. The molecule has 136 valence electrons. The fourth-order valence-corrected chi connectivity index (χ4v) is 4.77. The van der Waals surface area contributed by atoms with Crippen LogP contribution in [0.3, 0.4) is 0 Å². The summed E-state index contributed by atoms with van der Waals surface area (Å²) in [5.41, 5.74) is 6.79. The Morgan fingerprint density at radius 2 is 1.73 bits per heavy atom. The summed E-state index contributed by atoms with van der Waals surface area (Å²) in [7, 11) is 0. The van der Waals surface area contributed by atoms with E-state index in [1.807, 2.05) is 0 Å². The maximum Gasteiger partial charge on any atom is 0.341 e. The van der Waals surface area contributed by atoms with Crippen molar-refractivity contribution in [2.24, 2.45) is 0 Å². The number of benzene rings is 1. The molecule has 26 heavy (non-hydrogen) atoms. The number of carbonyl (C=O) groups excluding carboxylic acids is 1. The van der Waals surface area contributed by atoms with Crippen LogP contribution in [0.15, 0.2) is 24.5 Å². The maximum atomic E-state index is 11.7. The number of hydrogen-bond donors (Lipinski definition) is 0. The molecule has 0 radical (unpaired) electrons. The molecule has 2 aliphatic rings. The Morgan fingerprint density at radius 1 is 1.12 bits per heavy atom. The molecular weight excluding hydrogens is 324 g/mol. The van der Waals surface area contributed by atoms with Gasteiger partial charge in [-0.05, 0) is 73.1 Å². The van der Waals surface area contributed by atoms with E-state index >= 15 is 0 Å². The van der Waals surface area contributed by atoms with Gasteiger partial charge in [-0.25, -0.2) is 14.8 Å². The smallest absolute Gasteiger partial charge is 0.341 e. The fraction of sp³-hybridized carbons (Fsp3) is 0.500. The van der Waals surface area contributed by atoms with Crippen molar-refractivity contribution in [1.29, 1.82) is 0 Å². The van der Waals surface area contributed by atoms with E-state index in [1.54, 1.807) is 24.9 Å². The average Bonchev–Trinajstić information content (AvgIpc) is 2.62. The zero-order valence-electron chi connectivity index (χ0n) is 15.7. The van der Waals surface area contributed by atoms with Crippen molar-refractivity contribution >= 4 is 5.97 Å². The Balaban J connectivity index is 1.59. The van der Waals surface area contributed by atoms with Gasteiger partial charge in [-0.1, -0.05) is 19.1 Å². The molecule has 0 saturated carbocycles. The van der Waals surface area contributed by atoms with Gasteiger partial charge >= 0.3 is 5.97 Å². The van der Waals surface area contributed by atoms with E-state index in [0.717, 1.165) is 5.82 Å². The third-order valence-corrected chi connectivity index (χ3v) is 5.89. The van der Waals surface area contributed by atoms with Gasteiger partial charge in [0.15, 0.2) is 0 Å². The maximum absolute atomic E-state index is 11.7. The number of aryl methyl sites for hydroxylation is 2. The molecule has 0 amide bonds. The molecule has 0 atom stereocenters. The number of carbonyl (C=O) groups is 1. The van der Waals surface area contributed by atoms with Crippen molar-refractivity contribution < 1.29 is 9.53 Å². The summed E-state index contributed by atoms with van der Waals surface area (Å²) in [5.74, 6) is 0.385. The predicted molar refractivity (Wildman–Crippen MR) is 100 cm³/mol. The molecule has 4 rings (SSSR count). The number of esters is 1. The van der Waals surface area contributed by atoms with E-state index in [1.165, 1.54) is 55.2 Å². The van der Waals surface area contributed by atoms with Crippen LogP contribution in [0, 0.1) is 0 Å². The molecule has 2 aliphatic carbocycles. The monoisotopic (exact) mass is 350 g/mol. The summed E-state index contributed by atoms with van der Waals surface area (Å²) in [6, 6.07) is 4.73. The van der Waals surface area contributed by atoms with Crippen LogP contribution < -0.4 is 0 Å². The van der Waals surface area contributed by atoms with Crippen molar-refractivity contribution in [2.45, 2.75) is 64.2 Å². The highest BCUT2D eigenvalue weighted by Gasteiger charge is 2.36. The van der Waals surface area contributed by atoms with E-state index in [-0.39, 0.29) is 5.97 Å². The van der Waals surface area contributed by atoms with Crippen LogP contribution in [-0.4, -0.2) is 22.5 Å². The first kappa shape index (κ1) is 17.2. The van der Waals surface area contributed by atoms with Crippen LogP contribution in [0.5, 0.6) is 0 Å². The Hall–Kier alpha value is -2.23. The van der Waals surface area contributed by atoms with Gasteiger partial charge in [-0.2, -0.15) is 0 Å². The molecule has 0 saturated heterocycles. The van der Waals surface area contributed by atoms with Gasteiger partial charge in [0.2, 0.25) is 0 Å². The first-order chi connectivity index (χ1) is 12.6. The molecule has 1 aromatic carbocycles. The van der Waals surface area contributed by atoms with Crippen molar-refractivity contribution in [2.75, 3.05) is 6.61 Å². The lowest BCUT2D eigenvalue weighted by atomic mass is 9.63. The number of aromatic nitrogens is 2. The zero-order valence-corrected chi connectivity index (χ0v) is 15.7. The molecule has 1 heterocycles. The first-order valence-corrected chi connectivity index (χ1v) is 9.72. The molecule has 4 nitrogen and oxygen atoms in total. The molecule has 0 fully saturated rings. The van der Waals surface area contributed by atoms with E-state index in [9.17, 15) is 4.79 Å². The molecule has 0 spiro atoms. The van der Waals surface area contributed by atoms with Crippen LogP contribution in [0.1, 0.15) is 78.0 Å². The SMILES string of the molecule is CCOC(=O)c1cnc(Cc2cc3c4c(c2)CCCC4(C)CCC3)nc1. The summed E-state index contributed by atoms with van der Waals surface area (Å²) in [4.78, 5) is 20.5. The summed E-state index contributed by atoms with van der Waals surface area (Å²) in [6.45, 7) is 4.60. The largest absolute Gasteiger partial charge is 0.462 e. The van der Waals surface area contributed by atoms with Crippen molar-refractivity contribution in [1.82, 2.24) is 9.97 Å². The van der Waals surface area contributed by atoms with Crippen molar-refractivity contribution in [3.8, 4) is 0 Å². The highest BCUT2D eigenvalue weighted by atomic mass is 16.5. The standard InChI is InChI=1S/C22H26N2O2/c1-3-26-21(25)18-13-23-19(24-14-18)12-15-10-16-6-4-8-22(2)9-5-7-17(11-15)20(16)22/h10-11,13-14H,3-9,12H2,1-2H3. The lowest BCUT2D eigenvalue weighted by Crippen LogP contribution is -2.32. The second-order valence-electron chi connectivity index (χ2n) is 7.84. The van der Waals surface area contributed by atoms with Gasteiger partial charge in [0.25, 0.3) is 0 Å². The van der Waals surface area contributed by atoms with Gasteiger partial charge in [0.1, 0.15) is 5.82 Å². The number of rotatable bonds is 4. The van der Waals surface area contributed by atoms with Crippen LogP contribution in [0.25, 0.3) is 0 Å². The molecule has 2 aromatic rings. The van der Waals surface area contributed by atoms with E-state index in [0.29, 0.717) is 24.0 Å². The highest BCUT2D eigenvalue weighted by Crippen LogP contribution is 2.46. The lowest BCUT2D eigenvalue weighted by molar-refractivity contribution is 0.0525. The Morgan fingerprint density at radius 3 is 2.31 bits per heavy atom. The molecule has 0 bridgehead atoms. The van der Waals surface area contributed by atoms with Crippen LogP contribution in [0.2, 0.25) is 0 Å². The predicted octanol–water partition coefficient (Wildman–Crippen LogP) is 4.17. The molecule has 1 aromatic heterocycles.